The van der Waals surface area contributed by atoms with Gasteiger partial charge in [-0.2, -0.15) is 5.10 Å². The minimum atomic E-state index is -0.928. The van der Waals surface area contributed by atoms with Crippen molar-refractivity contribution in [3.05, 3.63) is 58.0 Å². The van der Waals surface area contributed by atoms with E-state index < -0.39 is 5.97 Å². The third-order valence-corrected chi connectivity index (χ3v) is 6.08. The Morgan fingerprint density at radius 2 is 2.00 bits per heavy atom. The van der Waals surface area contributed by atoms with Gasteiger partial charge in [0, 0.05) is 29.6 Å². The van der Waals surface area contributed by atoms with E-state index in [0.29, 0.717) is 22.7 Å². The van der Waals surface area contributed by atoms with Gasteiger partial charge in [0.1, 0.15) is 0 Å². The molecule has 29 heavy (non-hydrogen) atoms. The lowest BCUT2D eigenvalue weighted by Crippen LogP contribution is -2.24. The average Bonchev–Trinajstić information content (AvgIpc) is 3.43. The molecule has 3 aromatic rings. The average molecular weight is 409 g/mol. The summed E-state index contributed by atoms with van der Waals surface area (Å²) in [4.78, 5) is 18.4. The van der Waals surface area contributed by atoms with Crippen LogP contribution in [0.2, 0.25) is 5.02 Å². The van der Waals surface area contributed by atoms with Crippen molar-refractivity contribution in [3.8, 4) is 0 Å². The van der Waals surface area contributed by atoms with E-state index >= 15 is 0 Å². The molecule has 1 fully saturated rings. The van der Waals surface area contributed by atoms with Gasteiger partial charge in [-0.05, 0) is 67.4 Å². The number of aromatic carboxylic acids is 1. The summed E-state index contributed by atoms with van der Waals surface area (Å²) in [6.45, 7) is 4.10. The topological polar surface area (TPSA) is 71.2 Å². The van der Waals surface area contributed by atoms with Crippen LogP contribution in [0.3, 0.4) is 0 Å². The molecule has 1 aromatic carbocycles. The maximum atomic E-state index is 11.6. The number of aromatic nitrogens is 3. The number of nitrogens with zero attached hydrogens (tertiary/aromatic N) is 4. The molecule has 1 N–H and O–H groups in total. The van der Waals surface area contributed by atoms with Gasteiger partial charge in [0.05, 0.1) is 29.0 Å². The highest BCUT2D eigenvalue weighted by Gasteiger charge is 2.25. The number of carboxylic acid groups (broad SMARTS) is 1. The number of hydrogen-bond acceptors (Lipinski definition) is 4. The first-order valence-corrected chi connectivity index (χ1v) is 10.3. The minimum Gasteiger partial charge on any atom is -0.478 e. The molecule has 5 rings (SSSR count). The Morgan fingerprint density at radius 3 is 2.79 bits per heavy atom. The fraction of sp³-hybridized carbons (Fsp3) is 0.318. The molecular formula is C22H21ClN4O2. The molecule has 6 nitrogen and oxygen atoms in total. The third kappa shape index (κ3) is 3.32. The van der Waals surface area contributed by atoms with E-state index in [0.717, 1.165) is 53.9 Å². The van der Waals surface area contributed by atoms with Gasteiger partial charge >= 0.3 is 5.97 Å². The van der Waals surface area contributed by atoms with Gasteiger partial charge in [-0.15, -0.1) is 0 Å². The summed E-state index contributed by atoms with van der Waals surface area (Å²) in [5, 5.41) is 16.1. The van der Waals surface area contributed by atoms with E-state index in [1.165, 1.54) is 12.8 Å². The van der Waals surface area contributed by atoms with Crippen molar-refractivity contribution in [3.63, 3.8) is 0 Å². The number of hydrogen-bond donors (Lipinski definition) is 1. The summed E-state index contributed by atoms with van der Waals surface area (Å²) >= 11 is 6.29. The fourth-order valence-corrected chi connectivity index (χ4v) is 4.55. The zero-order valence-corrected chi connectivity index (χ0v) is 16.7. The predicted octanol–water partition coefficient (Wildman–Crippen LogP) is 3.98. The molecule has 0 bridgehead atoms. The van der Waals surface area contributed by atoms with Crippen molar-refractivity contribution in [2.24, 2.45) is 0 Å². The van der Waals surface area contributed by atoms with Crippen LogP contribution in [0.25, 0.3) is 22.6 Å². The minimum absolute atomic E-state index is 0.303. The van der Waals surface area contributed by atoms with E-state index in [4.69, 9.17) is 16.7 Å². The number of fused-ring (bicyclic) bond motifs is 2. The Balaban J connectivity index is 1.52. The van der Waals surface area contributed by atoms with Crippen molar-refractivity contribution in [2.75, 3.05) is 19.6 Å². The number of rotatable bonds is 5. The van der Waals surface area contributed by atoms with Gasteiger partial charge in [-0.3, -0.25) is 9.67 Å². The SMILES string of the molecule is O=C(O)c1ccnc2c1CC(c1nn(CCN3CCCC3)c3ccc(Cl)cc13)=C2. The summed E-state index contributed by atoms with van der Waals surface area (Å²) in [5.41, 5.74) is 4.65. The molecule has 0 radical (unpaired) electrons. The number of carbonyl (C=O) groups is 1. The second-order valence-corrected chi connectivity index (χ2v) is 8.09. The second kappa shape index (κ2) is 7.28. The highest BCUT2D eigenvalue weighted by molar-refractivity contribution is 6.31. The Bertz CT molecular complexity index is 1150. The van der Waals surface area contributed by atoms with Crippen LogP contribution >= 0.6 is 11.6 Å². The third-order valence-electron chi connectivity index (χ3n) is 5.84. The van der Waals surface area contributed by atoms with Crippen LogP contribution in [-0.2, 0) is 13.0 Å². The molecule has 0 saturated carbocycles. The Kier molecular flexibility index (Phi) is 4.60. The van der Waals surface area contributed by atoms with Crippen molar-refractivity contribution in [1.82, 2.24) is 19.7 Å². The van der Waals surface area contributed by atoms with Gasteiger partial charge in [0.2, 0.25) is 0 Å². The van der Waals surface area contributed by atoms with Crippen molar-refractivity contribution in [1.29, 1.82) is 0 Å². The quantitative estimate of drug-likeness (QED) is 0.691. The van der Waals surface area contributed by atoms with E-state index in [-0.39, 0.29) is 0 Å². The van der Waals surface area contributed by atoms with Crippen LogP contribution in [-0.4, -0.2) is 50.4 Å². The Morgan fingerprint density at radius 1 is 1.17 bits per heavy atom. The fourth-order valence-electron chi connectivity index (χ4n) is 4.38. The maximum absolute atomic E-state index is 11.6. The van der Waals surface area contributed by atoms with E-state index in [1.807, 2.05) is 24.3 Å². The maximum Gasteiger partial charge on any atom is 0.336 e. The van der Waals surface area contributed by atoms with E-state index in [2.05, 4.69) is 14.6 Å². The largest absolute Gasteiger partial charge is 0.478 e. The normalized spacial score (nSPS) is 16.4. The first-order chi connectivity index (χ1) is 14.1. The monoisotopic (exact) mass is 408 g/mol. The van der Waals surface area contributed by atoms with Crippen molar-refractivity contribution >= 4 is 40.1 Å². The number of benzene rings is 1. The van der Waals surface area contributed by atoms with Crippen molar-refractivity contribution in [2.45, 2.75) is 25.8 Å². The van der Waals surface area contributed by atoms with Gasteiger partial charge in [0.15, 0.2) is 0 Å². The van der Waals surface area contributed by atoms with Crippen LogP contribution in [0, 0.1) is 0 Å². The summed E-state index contributed by atoms with van der Waals surface area (Å²) < 4.78 is 2.05. The van der Waals surface area contributed by atoms with Gasteiger partial charge in [0.25, 0.3) is 0 Å². The molecule has 0 spiro atoms. The number of carboxylic acids is 1. The molecular weight excluding hydrogens is 388 g/mol. The lowest BCUT2D eigenvalue weighted by atomic mass is 10.0. The highest BCUT2D eigenvalue weighted by Crippen LogP contribution is 2.36. The van der Waals surface area contributed by atoms with Gasteiger partial charge in [-0.25, -0.2) is 4.79 Å². The van der Waals surface area contributed by atoms with E-state index in [1.54, 1.807) is 12.3 Å². The lowest BCUT2D eigenvalue weighted by Gasteiger charge is -2.14. The molecule has 1 saturated heterocycles. The Labute approximate surface area is 173 Å². The molecule has 2 aromatic heterocycles. The number of likely N-dealkylation sites (tertiary alicyclic amines) is 1. The molecule has 7 heteroatoms. The predicted molar refractivity (Wildman–Crippen MR) is 113 cm³/mol. The molecule has 1 aliphatic carbocycles. The number of pyridine rings is 1. The summed E-state index contributed by atoms with van der Waals surface area (Å²) in [6.07, 6.45) is 6.55. The molecule has 3 heterocycles. The van der Waals surface area contributed by atoms with Crippen LogP contribution in [0.5, 0.6) is 0 Å². The molecule has 148 valence electrons. The second-order valence-electron chi connectivity index (χ2n) is 7.66. The highest BCUT2D eigenvalue weighted by atomic mass is 35.5. The molecule has 0 unspecified atom stereocenters. The molecule has 1 aliphatic heterocycles. The summed E-state index contributed by atoms with van der Waals surface area (Å²) in [6, 6.07) is 7.41. The number of halogens is 1. The summed E-state index contributed by atoms with van der Waals surface area (Å²) in [5.74, 6) is -0.928. The van der Waals surface area contributed by atoms with Crippen LogP contribution < -0.4 is 0 Å². The zero-order valence-electron chi connectivity index (χ0n) is 15.9. The van der Waals surface area contributed by atoms with Crippen LogP contribution in [0.1, 0.15) is 40.2 Å². The van der Waals surface area contributed by atoms with Crippen molar-refractivity contribution < 1.29 is 9.90 Å². The number of allylic oxidation sites excluding steroid dienone is 1. The standard InChI is InChI=1S/C22H21ClN4O2/c23-15-3-4-20-18(13-15)21(25-27(20)10-9-26-7-1-2-8-26)14-11-17-16(22(28)29)5-6-24-19(17)12-14/h3-6,12-13H,1-2,7-11H2,(H,28,29). The summed E-state index contributed by atoms with van der Waals surface area (Å²) in [7, 11) is 0. The van der Waals surface area contributed by atoms with Gasteiger partial charge in [-0.1, -0.05) is 11.6 Å². The molecule has 0 atom stereocenters. The first-order valence-electron chi connectivity index (χ1n) is 9.91. The van der Waals surface area contributed by atoms with Gasteiger partial charge < -0.3 is 10.0 Å². The smallest absolute Gasteiger partial charge is 0.336 e. The zero-order chi connectivity index (χ0) is 20.0. The van der Waals surface area contributed by atoms with E-state index in [9.17, 15) is 9.90 Å². The molecule has 2 aliphatic rings. The first kappa shape index (κ1) is 18.3. The lowest BCUT2D eigenvalue weighted by molar-refractivity contribution is 0.0695. The molecule has 0 amide bonds. The van der Waals surface area contributed by atoms with Crippen LogP contribution in [0.4, 0.5) is 0 Å². The van der Waals surface area contributed by atoms with Crippen LogP contribution in [0.15, 0.2) is 30.5 Å². The Hall–Kier alpha value is -2.70.